The minimum atomic E-state index is 0.307. The average Bonchev–Trinajstić information content (AvgIpc) is 2.86. The van der Waals surface area contributed by atoms with Crippen molar-refractivity contribution < 1.29 is 8.83 Å². The summed E-state index contributed by atoms with van der Waals surface area (Å²) in [5.74, 6) is 2.79. The maximum absolute atomic E-state index is 5.50. The third kappa shape index (κ3) is 1.56. The fraction of sp³-hybridized carbons (Fsp3) is 0.300. The molecule has 0 aromatic carbocycles. The number of hydrogen-bond acceptors (Lipinski definition) is 4. The maximum Gasteiger partial charge on any atom is 0.208 e. The van der Waals surface area contributed by atoms with E-state index in [0.29, 0.717) is 24.0 Å². The number of aromatic nitrogens is 1. The minimum absolute atomic E-state index is 0.307. The maximum atomic E-state index is 5.50. The molecule has 2 heterocycles. The standard InChI is InChI=1S/C10H12N2O2/c1-2-7-3-4-8(13-7)9-6-12-10(5-11)14-9/h3-4,6H,2,5,11H2,1H3. The van der Waals surface area contributed by atoms with E-state index in [-0.39, 0.29) is 0 Å². The van der Waals surface area contributed by atoms with E-state index in [9.17, 15) is 0 Å². The number of aryl methyl sites for hydroxylation is 1. The van der Waals surface area contributed by atoms with E-state index >= 15 is 0 Å². The number of furan rings is 1. The second-order valence-electron chi connectivity index (χ2n) is 2.94. The van der Waals surface area contributed by atoms with Crippen molar-refractivity contribution in [3.63, 3.8) is 0 Å². The predicted octanol–water partition coefficient (Wildman–Crippen LogP) is 1.96. The highest BCUT2D eigenvalue weighted by Gasteiger charge is 2.08. The van der Waals surface area contributed by atoms with E-state index in [1.807, 2.05) is 19.1 Å². The first-order valence-electron chi connectivity index (χ1n) is 4.57. The molecule has 0 aliphatic carbocycles. The molecule has 2 rings (SSSR count). The van der Waals surface area contributed by atoms with Crippen molar-refractivity contribution in [1.29, 1.82) is 0 Å². The molecule has 4 heteroatoms. The Labute approximate surface area is 81.7 Å². The molecule has 0 saturated carbocycles. The molecule has 2 aromatic rings. The largest absolute Gasteiger partial charge is 0.458 e. The lowest BCUT2D eigenvalue weighted by molar-refractivity contribution is 0.471. The lowest BCUT2D eigenvalue weighted by Gasteiger charge is -1.89. The van der Waals surface area contributed by atoms with Gasteiger partial charge in [0.1, 0.15) is 5.76 Å². The van der Waals surface area contributed by atoms with E-state index in [1.165, 1.54) is 0 Å². The first-order valence-corrected chi connectivity index (χ1v) is 4.57. The van der Waals surface area contributed by atoms with Gasteiger partial charge in [-0.3, -0.25) is 0 Å². The molecule has 0 fully saturated rings. The summed E-state index contributed by atoms with van der Waals surface area (Å²) in [7, 11) is 0. The number of rotatable bonds is 3. The van der Waals surface area contributed by atoms with E-state index in [2.05, 4.69) is 4.98 Å². The Balaban J connectivity index is 2.29. The van der Waals surface area contributed by atoms with Crippen LogP contribution in [0.15, 0.2) is 27.2 Å². The molecule has 74 valence electrons. The number of nitrogens with zero attached hydrogens (tertiary/aromatic N) is 1. The van der Waals surface area contributed by atoms with Crippen LogP contribution in [0, 0.1) is 0 Å². The molecule has 0 aliphatic heterocycles. The number of hydrogen-bond donors (Lipinski definition) is 1. The lowest BCUT2D eigenvalue weighted by Crippen LogP contribution is -1.94. The Kier molecular flexibility index (Phi) is 2.37. The fourth-order valence-corrected chi connectivity index (χ4v) is 1.22. The minimum Gasteiger partial charge on any atom is -0.458 e. The normalized spacial score (nSPS) is 10.7. The molecule has 4 nitrogen and oxygen atoms in total. The molecule has 14 heavy (non-hydrogen) atoms. The van der Waals surface area contributed by atoms with Crippen LogP contribution in [-0.2, 0) is 13.0 Å². The Morgan fingerprint density at radius 3 is 2.71 bits per heavy atom. The van der Waals surface area contributed by atoms with Crippen molar-refractivity contribution in [2.75, 3.05) is 0 Å². The first-order chi connectivity index (χ1) is 6.83. The van der Waals surface area contributed by atoms with Gasteiger partial charge in [0.15, 0.2) is 11.5 Å². The summed E-state index contributed by atoms with van der Waals surface area (Å²) in [6.45, 7) is 2.34. The van der Waals surface area contributed by atoms with Crippen molar-refractivity contribution in [2.45, 2.75) is 19.9 Å². The second kappa shape index (κ2) is 3.67. The summed E-state index contributed by atoms with van der Waals surface area (Å²) in [6, 6.07) is 3.81. The van der Waals surface area contributed by atoms with Gasteiger partial charge in [0.2, 0.25) is 5.89 Å². The van der Waals surface area contributed by atoms with Crippen LogP contribution in [-0.4, -0.2) is 4.98 Å². The molecule has 0 aliphatic rings. The van der Waals surface area contributed by atoms with E-state index in [0.717, 1.165) is 12.2 Å². The van der Waals surface area contributed by atoms with Gasteiger partial charge in [-0.05, 0) is 12.1 Å². The smallest absolute Gasteiger partial charge is 0.208 e. The molecule has 2 aromatic heterocycles. The molecule has 0 unspecified atom stereocenters. The third-order valence-corrected chi connectivity index (χ3v) is 1.98. The van der Waals surface area contributed by atoms with Crippen molar-refractivity contribution in [3.8, 4) is 11.5 Å². The first kappa shape index (κ1) is 9.02. The number of oxazole rings is 1. The molecule has 0 radical (unpaired) electrons. The van der Waals surface area contributed by atoms with Crippen molar-refractivity contribution >= 4 is 0 Å². The van der Waals surface area contributed by atoms with Gasteiger partial charge in [0, 0.05) is 6.42 Å². The summed E-state index contributed by atoms with van der Waals surface area (Å²) in [6.07, 6.45) is 2.50. The highest BCUT2D eigenvalue weighted by Crippen LogP contribution is 2.22. The molecule has 0 bridgehead atoms. The second-order valence-corrected chi connectivity index (χ2v) is 2.94. The zero-order valence-electron chi connectivity index (χ0n) is 7.99. The van der Waals surface area contributed by atoms with Crippen LogP contribution < -0.4 is 5.73 Å². The molecule has 0 spiro atoms. The zero-order chi connectivity index (χ0) is 9.97. The summed E-state index contributed by atoms with van der Waals surface area (Å²) >= 11 is 0. The van der Waals surface area contributed by atoms with Crippen LogP contribution in [0.5, 0.6) is 0 Å². The molecular weight excluding hydrogens is 180 g/mol. The van der Waals surface area contributed by atoms with Gasteiger partial charge in [-0.25, -0.2) is 4.98 Å². The van der Waals surface area contributed by atoms with Crippen molar-refractivity contribution in [3.05, 3.63) is 30.0 Å². The van der Waals surface area contributed by atoms with Crippen LogP contribution in [0.2, 0.25) is 0 Å². The van der Waals surface area contributed by atoms with Gasteiger partial charge in [-0.2, -0.15) is 0 Å². The Bertz CT molecular complexity index is 377. The van der Waals surface area contributed by atoms with Gasteiger partial charge in [-0.1, -0.05) is 6.92 Å². The summed E-state index contributed by atoms with van der Waals surface area (Å²) < 4.78 is 10.8. The summed E-state index contributed by atoms with van der Waals surface area (Å²) in [5.41, 5.74) is 5.39. The van der Waals surface area contributed by atoms with Crippen LogP contribution in [0.4, 0.5) is 0 Å². The van der Waals surface area contributed by atoms with Gasteiger partial charge < -0.3 is 14.6 Å². The average molecular weight is 192 g/mol. The zero-order valence-corrected chi connectivity index (χ0v) is 7.99. The molecule has 0 amide bonds. The fourth-order valence-electron chi connectivity index (χ4n) is 1.22. The lowest BCUT2D eigenvalue weighted by atomic mass is 10.3. The SMILES string of the molecule is CCc1ccc(-c2cnc(CN)o2)o1. The third-order valence-electron chi connectivity index (χ3n) is 1.98. The molecule has 2 N–H and O–H groups in total. The highest BCUT2D eigenvalue weighted by atomic mass is 16.4. The molecule has 0 saturated heterocycles. The topological polar surface area (TPSA) is 65.2 Å². The van der Waals surface area contributed by atoms with Crippen LogP contribution in [0.3, 0.4) is 0 Å². The summed E-state index contributed by atoms with van der Waals surface area (Å²) in [4.78, 5) is 3.99. The van der Waals surface area contributed by atoms with Gasteiger partial charge in [-0.15, -0.1) is 0 Å². The van der Waals surface area contributed by atoms with Gasteiger partial charge in [0.05, 0.1) is 12.7 Å². The van der Waals surface area contributed by atoms with Crippen LogP contribution in [0.1, 0.15) is 18.6 Å². The molecule has 0 atom stereocenters. The van der Waals surface area contributed by atoms with Gasteiger partial charge in [0.25, 0.3) is 0 Å². The van der Waals surface area contributed by atoms with Crippen molar-refractivity contribution in [2.24, 2.45) is 5.73 Å². The van der Waals surface area contributed by atoms with E-state index < -0.39 is 0 Å². The van der Waals surface area contributed by atoms with E-state index in [4.69, 9.17) is 14.6 Å². The highest BCUT2D eigenvalue weighted by molar-refractivity contribution is 5.48. The Hall–Kier alpha value is -1.55. The number of nitrogens with two attached hydrogens (primary N) is 1. The van der Waals surface area contributed by atoms with Crippen molar-refractivity contribution in [1.82, 2.24) is 4.98 Å². The Morgan fingerprint density at radius 1 is 1.29 bits per heavy atom. The summed E-state index contributed by atoms with van der Waals surface area (Å²) in [5, 5.41) is 0. The Morgan fingerprint density at radius 2 is 2.14 bits per heavy atom. The van der Waals surface area contributed by atoms with Gasteiger partial charge >= 0.3 is 0 Å². The van der Waals surface area contributed by atoms with Crippen LogP contribution in [0.25, 0.3) is 11.5 Å². The molecular formula is C10H12N2O2. The van der Waals surface area contributed by atoms with E-state index in [1.54, 1.807) is 6.20 Å². The van der Waals surface area contributed by atoms with Crippen LogP contribution >= 0.6 is 0 Å². The monoisotopic (exact) mass is 192 g/mol. The quantitative estimate of drug-likeness (QED) is 0.807. The predicted molar refractivity (Wildman–Crippen MR) is 51.5 cm³/mol.